The van der Waals surface area contributed by atoms with Crippen molar-refractivity contribution in [1.82, 2.24) is 24.9 Å². The molecule has 32 heavy (non-hydrogen) atoms. The summed E-state index contributed by atoms with van der Waals surface area (Å²) < 4.78 is 3.81. The van der Waals surface area contributed by atoms with Crippen LogP contribution >= 0.6 is 0 Å². The van der Waals surface area contributed by atoms with Gasteiger partial charge in [-0.1, -0.05) is 42.5 Å². The maximum absolute atomic E-state index is 4.93. The number of para-hydroxylation sites is 1. The van der Waals surface area contributed by atoms with Gasteiger partial charge in [0.2, 0.25) is 0 Å². The number of rotatable bonds is 7. The van der Waals surface area contributed by atoms with E-state index in [0.717, 1.165) is 34.9 Å². The summed E-state index contributed by atoms with van der Waals surface area (Å²) in [4.78, 5) is 0. The van der Waals surface area contributed by atoms with E-state index in [-0.39, 0.29) is 0 Å². The minimum absolute atomic E-state index is 0.577. The number of hydrogen-bond acceptors (Lipinski definition) is 4. The fraction of sp³-hybridized carbons (Fsp3) is 0.308. The average Bonchev–Trinajstić information content (AvgIpc) is 3.40. The first-order valence-electron chi connectivity index (χ1n) is 11.4. The molecule has 1 aliphatic rings. The van der Waals surface area contributed by atoms with Crippen LogP contribution in [0.5, 0.6) is 0 Å². The minimum atomic E-state index is 0.577. The molecule has 6 nitrogen and oxygen atoms in total. The minimum Gasteiger partial charge on any atom is -0.357 e. The Hall–Kier alpha value is -3.38. The maximum Gasteiger partial charge on any atom is 0.134 e. The maximum atomic E-state index is 4.93. The van der Waals surface area contributed by atoms with Crippen LogP contribution in [0.15, 0.2) is 67.0 Å². The van der Waals surface area contributed by atoms with Gasteiger partial charge >= 0.3 is 0 Å². The van der Waals surface area contributed by atoms with Gasteiger partial charge in [0.25, 0.3) is 0 Å². The van der Waals surface area contributed by atoms with Crippen LogP contribution in [0.1, 0.15) is 35.4 Å². The van der Waals surface area contributed by atoms with Crippen molar-refractivity contribution in [2.75, 3.05) is 18.5 Å². The number of aryl methyl sites for hydroxylation is 2. The lowest BCUT2D eigenvalue weighted by Gasteiger charge is -2.26. The Morgan fingerprint density at radius 3 is 2.69 bits per heavy atom. The molecule has 0 radical (unpaired) electrons. The highest BCUT2D eigenvalue weighted by Gasteiger charge is 2.20. The first kappa shape index (κ1) is 20.5. The van der Waals surface area contributed by atoms with E-state index < -0.39 is 0 Å². The summed E-state index contributed by atoms with van der Waals surface area (Å²) in [5.41, 5.74) is 7.15. The molecule has 2 aromatic carbocycles. The molecule has 4 aromatic rings. The van der Waals surface area contributed by atoms with Crippen LogP contribution in [-0.2, 0) is 13.5 Å². The van der Waals surface area contributed by atoms with Crippen molar-refractivity contribution in [3.63, 3.8) is 0 Å². The molecular weight excluding hydrogens is 396 g/mol. The molecule has 5 rings (SSSR count). The molecule has 1 aliphatic carbocycles. The van der Waals surface area contributed by atoms with Crippen LogP contribution in [0.4, 0.5) is 5.82 Å². The largest absolute Gasteiger partial charge is 0.357 e. The number of aromatic nitrogens is 4. The second-order valence-electron chi connectivity index (χ2n) is 8.57. The molecule has 0 spiro atoms. The summed E-state index contributed by atoms with van der Waals surface area (Å²) >= 11 is 0. The highest BCUT2D eigenvalue weighted by atomic mass is 15.3. The van der Waals surface area contributed by atoms with E-state index in [1.807, 2.05) is 47.0 Å². The van der Waals surface area contributed by atoms with Gasteiger partial charge in [-0.15, -0.1) is 0 Å². The second-order valence-corrected chi connectivity index (χ2v) is 8.57. The van der Waals surface area contributed by atoms with Gasteiger partial charge < -0.3 is 5.32 Å². The Labute approximate surface area is 189 Å². The Kier molecular flexibility index (Phi) is 5.77. The van der Waals surface area contributed by atoms with Crippen LogP contribution in [0, 0.1) is 6.92 Å². The number of anilines is 1. The lowest BCUT2D eigenvalue weighted by atomic mass is 9.83. The van der Waals surface area contributed by atoms with Gasteiger partial charge in [0.15, 0.2) is 0 Å². The molecule has 0 amide bonds. The summed E-state index contributed by atoms with van der Waals surface area (Å²) in [5, 5.41) is 16.5. The third kappa shape index (κ3) is 4.06. The molecular formula is C26H30N6. The van der Waals surface area contributed by atoms with Crippen molar-refractivity contribution >= 4 is 5.82 Å². The Bertz CT molecular complexity index is 1190. The van der Waals surface area contributed by atoms with Gasteiger partial charge in [0, 0.05) is 30.9 Å². The molecule has 1 atom stereocenters. The van der Waals surface area contributed by atoms with Crippen LogP contribution in [0.25, 0.3) is 16.9 Å². The lowest BCUT2D eigenvalue weighted by molar-refractivity contribution is 0.516. The molecule has 2 heterocycles. The number of fused-ring (bicyclic) bond motifs is 1. The Balaban J connectivity index is 1.34. The standard InChI is InChI=1S/C26H30N6/c1-19-25(22-16-29-31(2)17-22)30-32(23-12-4-3-5-13-23)26(19)28-18-27-15-21-11-8-10-20-9-6-7-14-24(20)21/h3-7,9,12-14,16-17,21,27-28H,8,10-11,15,18H2,1-2H3. The summed E-state index contributed by atoms with van der Waals surface area (Å²) in [7, 11) is 1.93. The quantitative estimate of drug-likeness (QED) is 0.333. The average molecular weight is 427 g/mol. The molecule has 2 aromatic heterocycles. The van der Waals surface area contributed by atoms with Gasteiger partial charge in [0.05, 0.1) is 18.6 Å². The van der Waals surface area contributed by atoms with Crippen molar-refractivity contribution in [2.45, 2.75) is 32.1 Å². The Morgan fingerprint density at radius 2 is 1.88 bits per heavy atom. The van der Waals surface area contributed by atoms with Crippen molar-refractivity contribution in [1.29, 1.82) is 0 Å². The summed E-state index contributed by atoms with van der Waals surface area (Å²) in [6, 6.07) is 19.2. The fourth-order valence-corrected chi connectivity index (χ4v) is 4.74. The topological polar surface area (TPSA) is 59.7 Å². The molecule has 0 saturated carbocycles. The fourth-order valence-electron chi connectivity index (χ4n) is 4.74. The monoisotopic (exact) mass is 426 g/mol. The predicted molar refractivity (Wildman–Crippen MR) is 129 cm³/mol. The SMILES string of the molecule is Cc1c(-c2cnn(C)c2)nn(-c2ccccc2)c1NCNCC1CCCc2ccccc21. The van der Waals surface area contributed by atoms with Crippen molar-refractivity contribution in [3.05, 3.63) is 83.7 Å². The van der Waals surface area contributed by atoms with E-state index >= 15 is 0 Å². The highest BCUT2D eigenvalue weighted by molar-refractivity contribution is 5.69. The lowest BCUT2D eigenvalue weighted by Crippen LogP contribution is -2.29. The van der Waals surface area contributed by atoms with Crippen LogP contribution < -0.4 is 10.6 Å². The molecule has 1 unspecified atom stereocenters. The summed E-state index contributed by atoms with van der Waals surface area (Å²) in [5.74, 6) is 1.58. The van der Waals surface area contributed by atoms with Crippen molar-refractivity contribution < 1.29 is 0 Å². The highest BCUT2D eigenvalue weighted by Crippen LogP contribution is 2.32. The normalized spacial score (nSPS) is 15.5. The van der Waals surface area contributed by atoms with E-state index in [4.69, 9.17) is 5.10 Å². The third-order valence-corrected chi connectivity index (χ3v) is 6.37. The van der Waals surface area contributed by atoms with Crippen LogP contribution in [-0.4, -0.2) is 32.8 Å². The molecule has 6 heteroatoms. The molecule has 0 fully saturated rings. The summed E-state index contributed by atoms with van der Waals surface area (Å²) in [6.45, 7) is 3.77. The number of nitrogens with one attached hydrogen (secondary N) is 2. The van der Waals surface area contributed by atoms with E-state index in [1.165, 1.54) is 30.4 Å². The van der Waals surface area contributed by atoms with Crippen LogP contribution in [0.2, 0.25) is 0 Å². The van der Waals surface area contributed by atoms with E-state index in [1.54, 1.807) is 0 Å². The summed E-state index contributed by atoms with van der Waals surface area (Å²) in [6.07, 6.45) is 7.60. The second kappa shape index (κ2) is 9.01. The molecule has 0 saturated heterocycles. The molecule has 164 valence electrons. The number of benzene rings is 2. The smallest absolute Gasteiger partial charge is 0.134 e. The Morgan fingerprint density at radius 1 is 1.06 bits per heavy atom. The van der Waals surface area contributed by atoms with E-state index in [0.29, 0.717) is 12.6 Å². The van der Waals surface area contributed by atoms with Gasteiger partial charge in [-0.3, -0.25) is 10.00 Å². The predicted octanol–water partition coefficient (Wildman–Crippen LogP) is 4.66. The number of hydrogen-bond donors (Lipinski definition) is 2. The van der Waals surface area contributed by atoms with Gasteiger partial charge in [-0.2, -0.15) is 10.2 Å². The zero-order valence-electron chi connectivity index (χ0n) is 18.8. The van der Waals surface area contributed by atoms with Gasteiger partial charge in [-0.05, 0) is 55.4 Å². The van der Waals surface area contributed by atoms with Crippen LogP contribution in [0.3, 0.4) is 0 Å². The van der Waals surface area contributed by atoms with E-state index in [9.17, 15) is 0 Å². The zero-order valence-corrected chi connectivity index (χ0v) is 18.8. The third-order valence-electron chi connectivity index (χ3n) is 6.37. The first-order valence-corrected chi connectivity index (χ1v) is 11.4. The molecule has 2 N–H and O–H groups in total. The van der Waals surface area contributed by atoms with Crippen molar-refractivity contribution in [3.8, 4) is 16.9 Å². The zero-order chi connectivity index (χ0) is 21.9. The van der Waals surface area contributed by atoms with Gasteiger partial charge in [-0.25, -0.2) is 4.68 Å². The van der Waals surface area contributed by atoms with Crippen molar-refractivity contribution in [2.24, 2.45) is 7.05 Å². The number of nitrogens with zero attached hydrogens (tertiary/aromatic N) is 4. The van der Waals surface area contributed by atoms with E-state index in [2.05, 4.69) is 59.1 Å². The molecule has 0 bridgehead atoms. The van der Waals surface area contributed by atoms with Gasteiger partial charge in [0.1, 0.15) is 11.5 Å². The first-order chi connectivity index (χ1) is 15.7. The molecule has 0 aliphatic heterocycles.